The van der Waals surface area contributed by atoms with Crippen LogP contribution in [0.3, 0.4) is 0 Å². The fourth-order valence-electron chi connectivity index (χ4n) is 2.26. The number of aliphatic hydroxyl groups is 1. The van der Waals surface area contributed by atoms with Crippen molar-refractivity contribution in [1.29, 1.82) is 0 Å². The van der Waals surface area contributed by atoms with Crippen LogP contribution in [0.4, 0.5) is 13.2 Å². The summed E-state index contributed by atoms with van der Waals surface area (Å²) in [7, 11) is 0. The summed E-state index contributed by atoms with van der Waals surface area (Å²) >= 11 is 0. The SMILES string of the molecule is Cl.Cl.OCCn1cc(C(F)(F)F)nc1C1CCNCC1. The molecule has 1 aliphatic rings. The number of piperidine rings is 1. The Morgan fingerprint density at radius 1 is 1.30 bits per heavy atom. The lowest BCUT2D eigenvalue weighted by Gasteiger charge is -2.22. The molecule has 1 aliphatic heterocycles. The zero-order valence-electron chi connectivity index (χ0n) is 10.7. The van der Waals surface area contributed by atoms with Crippen molar-refractivity contribution in [3.8, 4) is 0 Å². The predicted molar refractivity (Wildman–Crippen MR) is 73.7 cm³/mol. The predicted octanol–water partition coefficient (Wildman–Crippen LogP) is 2.20. The van der Waals surface area contributed by atoms with E-state index < -0.39 is 11.9 Å². The highest BCUT2D eigenvalue weighted by atomic mass is 35.5. The van der Waals surface area contributed by atoms with Gasteiger partial charge in [0.25, 0.3) is 0 Å². The van der Waals surface area contributed by atoms with E-state index in [-0.39, 0.29) is 43.9 Å². The highest BCUT2D eigenvalue weighted by Gasteiger charge is 2.35. The van der Waals surface area contributed by atoms with Gasteiger partial charge in [0.05, 0.1) is 6.61 Å². The van der Waals surface area contributed by atoms with E-state index in [4.69, 9.17) is 5.11 Å². The molecule has 0 amide bonds. The number of hydrogen-bond acceptors (Lipinski definition) is 3. The lowest BCUT2D eigenvalue weighted by atomic mass is 9.97. The first-order valence-electron chi connectivity index (χ1n) is 5.98. The minimum Gasteiger partial charge on any atom is -0.395 e. The minimum absolute atomic E-state index is 0. The fraction of sp³-hybridized carbons (Fsp3) is 0.727. The molecular weight excluding hydrogens is 318 g/mol. The van der Waals surface area contributed by atoms with Gasteiger partial charge in [0.1, 0.15) is 5.82 Å². The molecular formula is C11H18Cl2F3N3O. The maximum Gasteiger partial charge on any atom is 0.434 e. The van der Waals surface area contributed by atoms with Crippen LogP contribution in [0.25, 0.3) is 0 Å². The van der Waals surface area contributed by atoms with Gasteiger partial charge >= 0.3 is 6.18 Å². The summed E-state index contributed by atoms with van der Waals surface area (Å²) in [5, 5.41) is 12.1. The summed E-state index contributed by atoms with van der Waals surface area (Å²) in [6.07, 6.45) is -1.88. The zero-order valence-corrected chi connectivity index (χ0v) is 12.3. The molecule has 1 fully saturated rings. The Morgan fingerprint density at radius 3 is 2.40 bits per heavy atom. The quantitative estimate of drug-likeness (QED) is 0.890. The molecule has 0 saturated carbocycles. The van der Waals surface area contributed by atoms with Crippen LogP contribution in [-0.2, 0) is 12.7 Å². The van der Waals surface area contributed by atoms with Crippen LogP contribution in [0.2, 0.25) is 0 Å². The highest BCUT2D eigenvalue weighted by molar-refractivity contribution is 5.85. The van der Waals surface area contributed by atoms with Crippen molar-refractivity contribution >= 4 is 24.8 Å². The molecule has 2 N–H and O–H groups in total. The summed E-state index contributed by atoms with van der Waals surface area (Å²) in [4.78, 5) is 3.72. The van der Waals surface area contributed by atoms with Crippen molar-refractivity contribution in [2.75, 3.05) is 19.7 Å². The van der Waals surface area contributed by atoms with Crippen LogP contribution < -0.4 is 5.32 Å². The molecule has 118 valence electrons. The van der Waals surface area contributed by atoms with Gasteiger partial charge in [0, 0.05) is 18.7 Å². The Labute approximate surface area is 127 Å². The maximum absolute atomic E-state index is 12.6. The van der Waals surface area contributed by atoms with Crippen molar-refractivity contribution in [1.82, 2.24) is 14.9 Å². The molecule has 4 nitrogen and oxygen atoms in total. The number of imidazole rings is 1. The first-order chi connectivity index (χ1) is 8.52. The Hall–Kier alpha value is -0.500. The number of nitrogens with one attached hydrogen (secondary N) is 1. The van der Waals surface area contributed by atoms with Crippen LogP contribution in [0.5, 0.6) is 0 Å². The third kappa shape index (κ3) is 4.51. The van der Waals surface area contributed by atoms with E-state index in [0.29, 0.717) is 5.82 Å². The summed E-state index contributed by atoms with van der Waals surface area (Å²) in [6.45, 7) is 1.55. The average molecular weight is 336 g/mol. The third-order valence-electron chi connectivity index (χ3n) is 3.14. The number of hydrogen-bond donors (Lipinski definition) is 2. The minimum atomic E-state index is -4.43. The van der Waals surface area contributed by atoms with Crippen molar-refractivity contribution < 1.29 is 18.3 Å². The topological polar surface area (TPSA) is 50.1 Å². The molecule has 0 aliphatic carbocycles. The Kier molecular flexibility index (Phi) is 7.87. The number of rotatable bonds is 3. The van der Waals surface area contributed by atoms with E-state index in [1.165, 1.54) is 4.57 Å². The lowest BCUT2D eigenvalue weighted by molar-refractivity contribution is -0.141. The van der Waals surface area contributed by atoms with Gasteiger partial charge < -0.3 is 15.0 Å². The standard InChI is InChI=1S/C11H16F3N3O.2ClH/c12-11(13,14)9-7-17(5-6-18)10(16-9)8-1-3-15-4-2-8;;/h7-8,15,18H,1-6H2;2*1H. The van der Waals surface area contributed by atoms with Gasteiger partial charge in [0.15, 0.2) is 5.69 Å². The van der Waals surface area contributed by atoms with Gasteiger partial charge in [-0.05, 0) is 25.9 Å². The molecule has 20 heavy (non-hydrogen) atoms. The van der Waals surface area contributed by atoms with E-state index in [2.05, 4.69) is 10.3 Å². The molecule has 1 saturated heterocycles. The lowest BCUT2D eigenvalue weighted by Crippen LogP contribution is -2.28. The number of halogens is 5. The number of aliphatic hydroxyl groups excluding tert-OH is 1. The van der Waals surface area contributed by atoms with Gasteiger partial charge in [-0.3, -0.25) is 0 Å². The molecule has 0 unspecified atom stereocenters. The summed E-state index contributed by atoms with van der Waals surface area (Å²) < 4.78 is 39.3. The molecule has 0 atom stereocenters. The molecule has 0 spiro atoms. The second-order valence-corrected chi connectivity index (χ2v) is 4.42. The maximum atomic E-state index is 12.6. The number of alkyl halides is 3. The van der Waals surface area contributed by atoms with Crippen LogP contribution >= 0.6 is 24.8 Å². The van der Waals surface area contributed by atoms with Crippen molar-refractivity contribution in [2.45, 2.75) is 31.5 Å². The van der Waals surface area contributed by atoms with Crippen LogP contribution in [0.1, 0.15) is 30.3 Å². The molecule has 2 heterocycles. The highest BCUT2D eigenvalue weighted by Crippen LogP contribution is 2.32. The molecule has 1 aromatic heterocycles. The summed E-state index contributed by atoms with van der Waals surface area (Å²) in [5.74, 6) is 0.478. The van der Waals surface area contributed by atoms with Gasteiger partial charge in [-0.15, -0.1) is 24.8 Å². The van der Waals surface area contributed by atoms with Gasteiger partial charge in [0.2, 0.25) is 0 Å². The van der Waals surface area contributed by atoms with Crippen molar-refractivity contribution in [2.24, 2.45) is 0 Å². The van der Waals surface area contributed by atoms with Crippen molar-refractivity contribution in [3.05, 3.63) is 17.7 Å². The molecule has 0 bridgehead atoms. The Bertz CT molecular complexity index is 406. The van der Waals surface area contributed by atoms with Crippen LogP contribution in [0.15, 0.2) is 6.20 Å². The normalized spacial score (nSPS) is 16.4. The largest absolute Gasteiger partial charge is 0.434 e. The number of nitrogens with zero attached hydrogens (tertiary/aromatic N) is 2. The Morgan fingerprint density at radius 2 is 1.90 bits per heavy atom. The van der Waals surface area contributed by atoms with E-state index in [9.17, 15) is 13.2 Å². The molecule has 2 rings (SSSR count). The van der Waals surface area contributed by atoms with Crippen LogP contribution in [-0.4, -0.2) is 34.4 Å². The Balaban J connectivity index is 0.00000180. The molecule has 9 heteroatoms. The van der Waals surface area contributed by atoms with Crippen LogP contribution in [0, 0.1) is 0 Å². The second-order valence-electron chi connectivity index (χ2n) is 4.42. The monoisotopic (exact) mass is 335 g/mol. The average Bonchev–Trinajstić information content (AvgIpc) is 2.75. The second kappa shape index (κ2) is 8.07. The number of aromatic nitrogens is 2. The van der Waals surface area contributed by atoms with E-state index in [1.54, 1.807) is 0 Å². The molecule has 0 aromatic carbocycles. The van der Waals surface area contributed by atoms with E-state index in [1.807, 2.05) is 0 Å². The zero-order chi connectivity index (χ0) is 13.2. The van der Waals surface area contributed by atoms with E-state index >= 15 is 0 Å². The summed E-state index contributed by atoms with van der Waals surface area (Å²) in [5.41, 5.74) is -0.871. The first kappa shape index (κ1) is 19.5. The smallest absolute Gasteiger partial charge is 0.395 e. The van der Waals surface area contributed by atoms with Gasteiger partial charge in [-0.25, -0.2) is 4.98 Å². The van der Waals surface area contributed by atoms with Crippen molar-refractivity contribution in [3.63, 3.8) is 0 Å². The fourth-order valence-corrected chi connectivity index (χ4v) is 2.26. The third-order valence-corrected chi connectivity index (χ3v) is 3.14. The van der Waals surface area contributed by atoms with E-state index in [0.717, 1.165) is 32.1 Å². The summed E-state index contributed by atoms with van der Waals surface area (Å²) in [6, 6.07) is 0. The first-order valence-corrected chi connectivity index (χ1v) is 5.98. The molecule has 0 radical (unpaired) electrons. The van der Waals surface area contributed by atoms with Gasteiger partial charge in [-0.2, -0.15) is 13.2 Å². The molecule has 1 aromatic rings. The van der Waals surface area contributed by atoms with Gasteiger partial charge in [-0.1, -0.05) is 0 Å².